The molecule has 9 nitrogen and oxygen atoms in total. The van der Waals surface area contributed by atoms with E-state index < -0.39 is 0 Å². The Morgan fingerprint density at radius 1 is 0.952 bits per heavy atom. The lowest BCUT2D eigenvalue weighted by Gasteiger charge is -2.25. The first-order valence-electron chi connectivity index (χ1n) is 14.0. The van der Waals surface area contributed by atoms with Crippen LogP contribution in [-0.4, -0.2) is 55.7 Å². The van der Waals surface area contributed by atoms with Crippen molar-refractivity contribution in [3.63, 3.8) is 0 Å². The molecule has 3 heterocycles. The number of nitrogens with one attached hydrogen (secondary N) is 2. The maximum absolute atomic E-state index is 11.7. The minimum absolute atomic E-state index is 0.230. The fourth-order valence-electron chi connectivity index (χ4n) is 4.93. The van der Waals surface area contributed by atoms with E-state index in [1.807, 2.05) is 11.9 Å². The molecule has 12 heteroatoms. The topological polar surface area (TPSA) is 85.9 Å². The molecular weight excluding hydrogens is 587 g/mol. The number of aromatic nitrogens is 2. The van der Waals surface area contributed by atoms with Crippen molar-refractivity contribution in [3.05, 3.63) is 59.7 Å². The number of anilines is 7. The second kappa shape index (κ2) is 13.7. The molecule has 0 unspecified atom stereocenters. The summed E-state index contributed by atoms with van der Waals surface area (Å²) < 4.78 is 5.74. The maximum atomic E-state index is 11.7. The third-order valence-electron chi connectivity index (χ3n) is 7.13. The van der Waals surface area contributed by atoms with Gasteiger partial charge in [0.15, 0.2) is 4.34 Å². The van der Waals surface area contributed by atoms with Crippen LogP contribution in [0, 0.1) is 13.8 Å². The molecule has 0 aliphatic carbocycles. The second-order valence-corrected chi connectivity index (χ2v) is 13.4. The molecule has 0 bridgehead atoms. The van der Waals surface area contributed by atoms with Gasteiger partial charge in [0.1, 0.15) is 5.00 Å². The Hall–Kier alpha value is -3.48. The zero-order valence-corrected chi connectivity index (χ0v) is 27.1. The van der Waals surface area contributed by atoms with E-state index in [4.69, 9.17) is 4.74 Å². The van der Waals surface area contributed by atoms with Crippen LogP contribution in [0.15, 0.2) is 52.9 Å². The third-order valence-corrected chi connectivity index (χ3v) is 10.3. The van der Waals surface area contributed by atoms with E-state index in [0.29, 0.717) is 6.61 Å². The van der Waals surface area contributed by atoms with Gasteiger partial charge in [-0.2, -0.15) is 0 Å². The van der Waals surface area contributed by atoms with Crippen LogP contribution in [0.25, 0.3) is 0 Å². The lowest BCUT2D eigenvalue weighted by atomic mass is 10.1. The van der Waals surface area contributed by atoms with E-state index in [2.05, 4.69) is 100 Å². The van der Waals surface area contributed by atoms with Crippen LogP contribution in [0.1, 0.15) is 30.9 Å². The molecule has 1 aliphatic rings. The molecule has 2 N–H and O–H groups in total. The number of ether oxygens (including phenoxy) is 1. The Morgan fingerprint density at radius 3 is 2.43 bits per heavy atom. The van der Waals surface area contributed by atoms with Gasteiger partial charge < -0.3 is 24.9 Å². The summed E-state index contributed by atoms with van der Waals surface area (Å²) in [4.78, 5) is 18.4. The highest BCUT2D eigenvalue weighted by Gasteiger charge is 2.17. The van der Waals surface area contributed by atoms with Gasteiger partial charge in [0.05, 0.1) is 23.0 Å². The van der Waals surface area contributed by atoms with Gasteiger partial charge in [-0.25, -0.2) is 0 Å². The first kappa shape index (κ1) is 30.0. The van der Waals surface area contributed by atoms with E-state index in [9.17, 15) is 4.79 Å². The van der Waals surface area contributed by atoms with Gasteiger partial charge in [0, 0.05) is 44.2 Å². The molecule has 0 saturated carbocycles. The van der Waals surface area contributed by atoms with E-state index in [0.717, 1.165) is 55.9 Å². The predicted molar refractivity (Wildman–Crippen MR) is 179 cm³/mol. The number of carbonyl (C=O) groups excluding carboxylic acids is 1. The number of thiophene rings is 1. The van der Waals surface area contributed by atoms with Crippen molar-refractivity contribution in [3.8, 4) is 0 Å². The summed E-state index contributed by atoms with van der Waals surface area (Å²) in [7, 11) is 4.08. The number of carbonyl (C=O) groups is 1. The minimum atomic E-state index is -0.245. The first-order valence-corrected chi connectivity index (χ1v) is 16.6. The Kier molecular flexibility index (Phi) is 9.76. The van der Waals surface area contributed by atoms with Crippen LogP contribution in [0.2, 0.25) is 0 Å². The Labute approximate surface area is 259 Å². The average Bonchev–Trinajstić information content (AvgIpc) is 3.77. The SMILES string of the molecule is CCOC(=O)CSc1nnc(N(C)c2ccc(N(C)c3ccc(NNc4ccc(N5CCCC5)s4)cc3C)cc2C)s1. The second-order valence-electron chi connectivity index (χ2n) is 10.1. The van der Waals surface area contributed by atoms with Crippen molar-refractivity contribution in [2.45, 2.75) is 38.0 Å². The Bertz CT molecular complexity index is 1520. The molecule has 2 aromatic heterocycles. The molecule has 1 fully saturated rings. The molecule has 0 spiro atoms. The molecule has 1 saturated heterocycles. The van der Waals surface area contributed by atoms with Gasteiger partial charge in [-0.05, 0) is 93.3 Å². The molecule has 0 radical (unpaired) electrons. The standard InChI is InChI=1S/C30H37N7O2S3/c1-6-39-28(38)19-40-30-34-33-29(42-30)36(5)25-12-10-23(18-21(25)3)35(4)24-11-9-22(17-20(24)2)31-32-26-13-14-27(41-26)37-15-7-8-16-37/h9-14,17-18,31-32H,6-8,15-16,19H2,1-5H3. The van der Waals surface area contributed by atoms with Crippen LogP contribution in [-0.2, 0) is 9.53 Å². The average molecular weight is 624 g/mol. The zero-order chi connectivity index (χ0) is 29.6. The molecule has 42 heavy (non-hydrogen) atoms. The van der Waals surface area contributed by atoms with E-state index >= 15 is 0 Å². The fraction of sp³-hybridized carbons (Fsp3) is 0.367. The van der Waals surface area contributed by atoms with Crippen molar-refractivity contribution < 1.29 is 9.53 Å². The molecule has 5 rings (SSSR count). The van der Waals surface area contributed by atoms with E-state index in [1.165, 1.54) is 46.5 Å². The first-order chi connectivity index (χ1) is 20.3. The summed E-state index contributed by atoms with van der Waals surface area (Å²) in [6.07, 6.45) is 2.57. The molecular formula is C30H37N7O2S3. The molecule has 4 aromatic rings. The van der Waals surface area contributed by atoms with Crippen LogP contribution in [0.5, 0.6) is 0 Å². The number of esters is 1. The molecule has 222 valence electrons. The van der Waals surface area contributed by atoms with Crippen molar-refractivity contribution in [1.82, 2.24) is 10.2 Å². The summed E-state index contributed by atoms with van der Waals surface area (Å²) in [6.45, 7) is 8.73. The summed E-state index contributed by atoms with van der Waals surface area (Å²) in [5.74, 6) is -0.0150. The highest BCUT2D eigenvalue weighted by atomic mass is 32.2. The van der Waals surface area contributed by atoms with Gasteiger partial charge in [-0.1, -0.05) is 34.4 Å². The molecule has 1 aliphatic heterocycles. The Balaban J connectivity index is 1.20. The predicted octanol–water partition coefficient (Wildman–Crippen LogP) is 7.45. The molecule has 0 amide bonds. The lowest BCUT2D eigenvalue weighted by Crippen LogP contribution is -2.15. The van der Waals surface area contributed by atoms with E-state index in [-0.39, 0.29) is 11.7 Å². The number of thioether (sulfide) groups is 1. The Morgan fingerprint density at radius 2 is 1.69 bits per heavy atom. The quantitative estimate of drug-likeness (QED) is 0.0943. The molecule has 2 aromatic carbocycles. The van der Waals surface area contributed by atoms with Crippen molar-refractivity contribution >= 4 is 78.3 Å². The van der Waals surface area contributed by atoms with Crippen molar-refractivity contribution in [2.24, 2.45) is 0 Å². The van der Waals surface area contributed by atoms with Gasteiger partial charge in [0.25, 0.3) is 0 Å². The summed E-state index contributed by atoms with van der Waals surface area (Å²) in [6, 6.07) is 17.2. The van der Waals surface area contributed by atoms with Crippen molar-refractivity contribution in [2.75, 3.05) is 65.1 Å². The smallest absolute Gasteiger partial charge is 0.316 e. The van der Waals surface area contributed by atoms with E-state index in [1.54, 1.807) is 18.3 Å². The third kappa shape index (κ3) is 7.11. The number of nitrogens with zero attached hydrogens (tertiary/aromatic N) is 5. The number of hydrogen-bond donors (Lipinski definition) is 2. The lowest BCUT2D eigenvalue weighted by molar-refractivity contribution is -0.139. The summed E-state index contributed by atoms with van der Waals surface area (Å²) >= 11 is 4.59. The zero-order valence-electron chi connectivity index (χ0n) is 24.6. The number of hydrazine groups is 1. The maximum Gasteiger partial charge on any atom is 0.316 e. The highest BCUT2D eigenvalue weighted by molar-refractivity contribution is 8.01. The van der Waals surface area contributed by atoms with Gasteiger partial charge in [-0.3, -0.25) is 10.2 Å². The van der Waals surface area contributed by atoms with Crippen LogP contribution in [0.4, 0.5) is 37.9 Å². The normalized spacial score (nSPS) is 12.8. The number of aryl methyl sites for hydroxylation is 2. The monoisotopic (exact) mass is 623 g/mol. The van der Waals surface area contributed by atoms with Crippen LogP contribution in [0.3, 0.4) is 0 Å². The summed E-state index contributed by atoms with van der Waals surface area (Å²) in [5, 5.41) is 11.8. The fourth-order valence-corrected chi connectivity index (χ4v) is 7.46. The molecule has 0 atom stereocenters. The number of rotatable bonds is 12. The minimum Gasteiger partial charge on any atom is -0.465 e. The van der Waals surface area contributed by atoms with Crippen molar-refractivity contribution in [1.29, 1.82) is 0 Å². The van der Waals surface area contributed by atoms with Gasteiger partial charge in [-0.15, -0.1) is 10.2 Å². The highest BCUT2D eigenvalue weighted by Crippen LogP contribution is 2.36. The van der Waals surface area contributed by atoms with Crippen LogP contribution < -0.4 is 25.6 Å². The largest absolute Gasteiger partial charge is 0.465 e. The van der Waals surface area contributed by atoms with Gasteiger partial charge in [0.2, 0.25) is 5.13 Å². The number of hydrogen-bond acceptors (Lipinski definition) is 12. The van der Waals surface area contributed by atoms with Gasteiger partial charge >= 0.3 is 5.97 Å². The van der Waals surface area contributed by atoms with Crippen LogP contribution >= 0.6 is 34.4 Å². The number of benzene rings is 2. The summed E-state index contributed by atoms with van der Waals surface area (Å²) in [5.41, 5.74) is 13.3.